The highest BCUT2D eigenvalue weighted by Gasteiger charge is 2.00. The molecule has 0 N–H and O–H groups in total. The normalized spacial score (nSPS) is 10.8. The van der Waals surface area contributed by atoms with E-state index in [0.717, 1.165) is 22.4 Å². The third-order valence-electron chi connectivity index (χ3n) is 4.11. The average Bonchev–Trinajstić information content (AvgIpc) is 2.72. The molecule has 0 saturated carbocycles. The van der Waals surface area contributed by atoms with E-state index < -0.39 is 0 Å². The van der Waals surface area contributed by atoms with Gasteiger partial charge >= 0.3 is 5.97 Å². The van der Waals surface area contributed by atoms with Gasteiger partial charge in [0.15, 0.2) is 0 Å². The second kappa shape index (κ2) is 9.77. The quantitative estimate of drug-likeness (QED) is 0.366. The highest BCUT2D eigenvalue weighted by atomic mass is 35.5. The lowest BCUT2D eigenvalue weighted by Gasteiger charge is -2.06. The molecule has 0 radical (unpaired) electrons. The molecule has 0 saturated heterocycles. The molecule has 3 aromatic carbocycles. The molecule has 0 amide bonds. The molecule has 142 valence electrons. The summed E-state index contributed by atoms with van der Waals surface area (Å²) in [5.74, 6) is 0.387. The predicted molar refractivity (Wildman–Crippen MR) is 112 cm³/mol. The van der Waals surface area contributed by atoms with Crippen LogP contribution in [0, 0.1) is 6.92 Å². The fourth-order valence-corrected chi connectivity index (χ4v) is 2.60. The van der Waals surface area contributed by atoms with E-state index in [0.29, 0.717) is 11.6 Å². The molecule has 0 aliphatic heterocycles. The molecule has 0 atom stereocenters. The van der Waals surface area contributed by atoms with Crippen LogP contribution in [0.1, 0.15) is 22.3 Å². The topological polar surface area (TPSA) is 35.5 Å². The summed E-state index contributed by atoms with van der Waals surface area (Å²) in [4.78, 5) is 11.9. The monoisotopic (exact) mass is 392 g/mol. The zero-order chi connectivity index (χ0) is 19.8. The zero-order valence-electron chi connectivity index (χ0n) is 15.6. The summed E-state index contributed by atoms with van der Waals surface area (Å²) in [6.07, 6.45) is 3.15. The van der Waals surface area contributed by atoms with Crippen LogP contribution in [0.3, 0.4) is 0 Å². The number of rotatable bonds is 7. The van der Waals surface area contributed by atoms with E-state index in [1.54, 1.807) is 6.08 Å². The largest absolute Gasteiger partial charge is 0.489 e. The predicted octanol–water partition coefficient (Wildman–Crippen LogP) is 5.98. The van der Waals surface area contributed by atoms with Crippen LogP contribution in [0.4, 0.5) is 0 Å². The fraction of sp³-hybridized carbons (Fsp3) is 0.125. The van der Waals surface area contributed by atoms with Crippen molar-refractivity contribution in [2.45, 2.75) is 20.1 Å². The average molecular weight is 393 g/mol. The molecule has 0 spiro atoms. The maximum atomic E-state index is 11.9. The van der Waals surface area contributed by atoms with Gasteiger partial charge in [-0.05, 0) is 54.0 Å². The van der Waals surface area contributed by atoms with Crippen LogP contribution in [0.5, 0.6) is 5.75 Å². The number of esters is 1. The van der Waals surface area contributed by atoms with Crippen molar-refractivity contribution in [3.63, 3.8) is 0 Å². The van der Waals surface area contributed by atoms with Gasteiger partial charge in [0.05, 0.1) is 0 Å². The minimum Gasteiger partial charge on any atom is -0.489 e. The van der Waals surface area contributed by atoms with Gasteiger partial charge < -0.3 is 9.47 Å². The molecule has 0 fully saturated rings. The van der Waals surface area contributed by atoms with Gasteiger partial charge in [0.2, 0.25) is 0 Å². The first-order valence-corrected chi connectivity index (χ1v) is 9.34. The van der Waals surface area contributed by atoms with E-state index >= 15 is 0 Å². The Morgan fingerprint density at radius 1 is 0.857 bits per heavy atom. The first kappa shape index (κ1) is 19.7. The summed E-state index contributed by atoms with van der Waals surface area (Å²) in [6.45, 7) is 2.76. The minimum absolute atomic E-state index is 0.265. The zero-order valence-corrected chi connectivity index (χ0v) is 16.4. The molecule has 4 heteroatoms. The third-order valence-corrected chi connectivity index (χ3v) is 4.36. The highest BCUT2D eigenvalue weighted by molar-refractivity contribution is 6.30. The van der Waals surface area contributed by atoms with Crippen molar-refractivity contribution in [1.82, 2.24) is 0 Å². The Bertz CT molecular complexity index is 927. The van der Waals surface area contributed by atoms with Gasteiger partial charge in [-0.1, -0.05) is 65.7 Å². The maximum Gasteiger partial charge on any atom is 0.331 e. The van der Waals surface area contributed by atoms with Gasteiger partial charge in [-0.15, -0.1) is 0 Å². The Labute approximate surface area is 170 Å². The van der Waals surface area contributed by atoms with E-state index in [4.69, 9.17) is 21.1 Å². The highest BCUT2D eigenvalue weighted by Crippen LogP contribution is 2.16. The molecule has 3 aromatic rings. The van der Waals surface area contributed by atoms with E-state index in [9.17, 15) is 4.79 Å². The van der Waals surface area contributed by atoms with Crippen molar-refractivity contribution in [2.24, 2.45) is 0 Å². The number of ether oxygens (including phenoxy) is 2. The molecule has 3 rings (SSSR count). The first-order chi connectivity index (χ1) is 13.6. The van der Waals surface area contributed by atoms with Crippen molar-refractivity contribution in [3.8, 4) is 5.75 Å². The molecule has 0 bridgehead atoms. The SMILES string of the molecule is Cc1ccc(COC(=O)/C=C/c2ccc(OCc3ccc(Cl)cc3)cc2)cc1. The Kier molecular flexibility index (Phi) is 6.88. The van der Waals surface area contributed by atoms with Crippen LogP contribution >= 0.6 is 11.6 Å². The second-order valence-electron chi connectivity index (χ2n) is 6.41. The van der Waals surface area contributed by atoms with Gasteiger partial charge in [-0.2, -0.15) is 0 Å². The van der Waals surface area contributed by atoms with Crippen LogP contribution in [0.25, 0.3) is 6.08 Å². The van der Waals surface area contributed by atoms with Crippen LogP contribution in [-0.2, 0) is 22.7 Å². The van der Waals surface area contributed by atoms with E-state index in [-0.39, 0.29) is 12.6 Å². The molecule has 0 heterocycles. The van der Waals surface area contributed by atoms with Gasteiger partial charge in [0.25, 0.3) is 0 Å². The fourth-order valence-electron chi connectivity index (χ4n) is 2.47. The lowest BCUT2D eigenvalue weighted by atomic mass is 10.2. The summed E-state index contributed by atoms with van der Waals surface area (Å²) < 4.78 is 11.0. The molecule has 0 unspecified atom stereocenters. The Morgan fingerprint density at radius 2 is 1.46 bits per heavy atom. The number of hydrogen-bond donors (Lipinski definition) is 0. The van der Waals surface area contributed by atoms with E-state index in [2.05, 4.69) is 0 Å². The van der Waals surface area contributed by atoms with Crippen molar-refractivity contribution in [2.75, 3.05) is 0 Å². The van der Waals surface area contributed by atoms with E-state index in [1.165, 1.54) is 11.6 Å². The summed E-state index contributed by atoms with van der Waals surface area (Å²) in [7, 11) is 0. The van der Waals surface area contributed by atoms with Crippen LogP contribution in [0.15, 0.2) is 78.9 Å². The van der Waals surface area contributed by atoms with E-state index in [1.807, 2.05) is 79.7 Å². The van der Waals surface area contributed by atoms with Crippen LogP contribution in [-0.4, -0.2) is 5.97 Å². The number of carbonyl (C=O) groups excluding carboxylic acids is 1. The molecule has 0 aliphatic carbocycles. The third kappa shape index (κ3) is 6.29. The number of aryl methyl sites for hydroxylation is 1. The minimum atomic E-state index is -0.372. The standard InChI is InChI=1S/C24H21ClO3/c1-18-2-4-20(5-3-18)17-28-24(26)15-10-19-8-13-23(14-9-19)27-16-21-6-11-22(25)12-7-21/h2-15H,16-17H2,1H3/b15-10+. The number of benzene rings is 3. The lowest BCUT2D eigenvalue weighted by Crippen LogP contribution is -2.00. The summed E-state index contributed by atoms with van der Waals surface area (Å²) in [6, 6.07) is 23.0. The van der Waals surface area contributed by atoms with Gasteiger partial charge in [0, 0.05) is 11.1 Å². The smallest absolute Gasteiger partial charge is 0.331 e. The summed E-state index contributed by atoms with van der Waals surface area (Å²) in [5.41, 5.74) is 4.08. The lowest BCUT2D eigenvalue weighted by molar-refractivity contribution is -0.138. The summed E-state index contributed by atoms with van der Waals surface area (Å²) in [5, 5.41) is 0.706. The van der Waals surface area contributed by atoms with Crippen molar-refractivity contribution in [3.05, 3.63) is 106 Å². The molecular formula is C24H21ClO3. The number of carbonyl (C=O) groups is 1. The first-order valence-electron chi connectivity index (χ1n) is 8.96. The second-order valence-corrected chi connectivity index (χ2v) is 6.85. The molecule has 0 aliphatic rings. The number of halogens is 1. The van der Waals surface area contributed by atoms with Crippen LogP contribution < -0.4 is 4.74 Å². The Balaban J connectivity index is 1.46. The Morgan fingerprint density at radius 3 is 2.14 bits per heavy atom. The maximum absolute atomic E-state index is 11.9. The van der Waals surface area contributed by atoms with Crippen LogP contribution in [0.2, 0.25) is 5.02 Å². The van der Waals surface area contributed by atoms with Gasteiger partial charge in [-0.3, -0.25) is 0 Å². The number of hydrogen-bond acceptors (Lipinski definition) is 3. The van der Waals surface area contributed by atoms with Crippen molar-refractivity contribution >= 4 is 23.6 Å². The molecule has 3 nitrogen and oxygen atoms in total. The molecule has 28 heavy (non-hydrogen) atoms. The molecular weight excluding hydrogens is 372 g/mol. The van der Waals surface area contributed by atoms with Gasteiger partial charge in [-0.25, -0.2) is 4.79 Å². The van der Waals surface area contributed by atoms with Crippen molar-refractivity contribution in [1.29, 1.82) is 0 Å². The van der Waals surface area contributed by atoms with Gasteiger partial charge in [0.1, 0.15) is 19.0 Å². The molecule has 0 aromatic heterocycles. The summed E-state index contributed by atoms with van der Waals surface area (Å²) >= 11 is 5.87. The van der Waals surface area contributed by atoms with Crippen molar-refractivity contribution < 1.29 is 14.3 Å². The Hall–Kier alpha value is -3.04.